The summed E-state index contributed by atoms with van der Waals surface area (Å²) in [5.74, 6) is 0.621. The molecule has 1 aromatic rings. The Morgan fingerprint density at radius 3 is 3.08 bits per heavy atom. The monoisotopic (exact) mass is 178 g/mol. The molecule has 1 aliphatic rings. The molecule has 1 atom stereocenters. The van der Waals surface area contributed by atoms with Crippen molar-refractivity contribution < 1.29 is 0 Å². The second kappa shape index (κ2) is 2.91. The zero-order valence-corrected chi connectivity index (χ0v) is 8.00. The maximum atomic E-state index is 11.1. The molecule has 3 heteroatoms. The van der Waals surface area contributed by atoms with Crippen molar-refractivity contribution in [2.24, 2.45) is 5.92 Å². The van der Waals surface area contributed by atoms with Crippen LogP contribution in [0, 0.1) is 5.92 Å². The van der Waals surface area contributed by atoms with Crippen molar-refractivity contribution in [2.75, 3.05) is 18.5 Å². The molecule has 0 aromatic carbocycles. The quantitative estimate of drug-likeness (QED) is 0.643. The minimum atomic E-state index is 0.00116. The minimum absolute atomic E-state index is 0.00116. The highest BCUT2D eigenvalue weighted by atomic mass is 16.1. The molecule has 0 saturated carbocycles. The summed E-state index contributed by atoms with van der Waals surface area (Å²) >= 11 is 0. The Morgan fingerprint density at radius 2 is 2.31 bits per heavy atom. The van der Waals surface area contributed by atoms with E-state index in [2.05, 4.69) is 23.9 Å². The number of aromatic nitrogens is 1. The molecule has 0 amide bonds. The number of nitrogens with zero attached hydrogens (tertiary/aromatic N) is 1. The van der Waals surface area contributed by atoms with E-state index in [1.54, 1.807) is 6.07 Å². The van der Waals surface area contributed by atoms with Crippen LogP contribution < -0.4 is 10.5 Å². The average Bonchev–Trinajstić information content (AvgIpc) is 2.02. The van der Waals surface area contributed by atoms with Crippen LogP contribution in [0.1, 0.15) is 12.6 Å². The van der Waals surface area contributed by atoms with Crippen molar-refractivity contribution >= 4 is 5.69 Å². The van der Waals surface area contributed by atoms with Gasteiger partial charge in [0.15, 0.2) is 0 Å². The molecular weight excluding hydrogens is 164 g/mol. The van der Waals surface area contributed by atoms with Gasteiger partial charge in [-0.25, -0.2) is 0 Å². The Labute approximate surface area is 77.4 Å². The van der Waals surface area contributed by atoms with Crippen LogP contribution >= 0.6 is 0 Å². The number of aromatic amines is 1. The van der Waals surface area contributed by atoms with Crippen LogP contribution in [-0.4, -0.2) is 18.6 Å². The molecule has 0 fully saturated rings. The lowest BCUT2D eigenvalue weighted by Gasteiger charge is -2.30. The average molecular weight is 178 g/mol. The molecule has 1 N–H and O–H groups in total. The van der Waals surface area contributed by atoms with Gasteiger partial charge in [0.05, 0.1) is 5.69 Å². The van der Waals surface area contributed by atoms with Gasteiger partial charge in [-0.2, -0.15) is 0 Å². The smallest absolute Gasteiger partial charge is 0.248 e. The minimum Gasteiger partial charge on any atom is -0.373 e. The summed E-state index contributed by atoms with van der Waals surface area (Å²) in [6.07, 6.45) is 0.982. The zero-order valence-electron chi connectivity index (χ0n) is 8.00. The van der Waals surface area contributed by atoms with E-state index in [4.69, 9.17) is 0 Å². The molecule has 1 aliphatic heterocycles. The summed E-state index contributed by atoms with van der Waals surface area (Å²) in [5, 5.41) is 0. The van der Waals surface area contributed by atoms with Gasteiger partial charge in [0.1, 0.15) is 0 Å². The van der Waals surface area contributed by atoms with Gasteiger partial charge in [-0.3, -0.25) is 4.79 Å². The number of pyridine rings is 1. The van der Waals surface area contributed by atoms with E-state index in [-0.39, 0.29) is 5.56 Å². The number of anilines is 1. The Hall–Kier alpha value is -1.25. The fourth-order valence-corrected chi connectivity index (χ4v) is 2.00. The van der Waals surface area contributed by atoms with E-state index < -0.39 is 0 Å². The fraction of sp³-hybridized carbons (Fsp3) is 0.500. The first-order valence-corrected chi connectivity index (χ1v) is 4.60. The van der Waals surface area contributed by atoms with Crippen LogP contribution in [0.5, 0.6) is 0 Å². The molecular formula is C10H14N2O. The van der Waals surface area contributed by atoms with Gasteiger partial charge in [-0.05, 0) is 18.4 Å². The number of fused-ring (bicyclic) bond motifs is 1. The first-order valence-electron chi connectivity index (χ1n) is 4.60. The SMILES string of the molecule is C[C@@H]1Cc2[nH]c(=O)ccc2N(C)C1. The third-order valence-electron chi connectivity index (χ3n) is 2.53. The Morgan fingerprint density at radius 1 is 1.54 bits per heavy atom. The van der Waals surface area contributed by atoms with Gasteiger partial charge < -0.3 is 9.88 Å². The Balaban J connectivity index is 2.49. The van der Waals surface area contributed by atoms with Crippen molar-refractivity contribution in [1.29, 1.82) is 0 Å². The fourth-order valence-electron chi connectivity index (χ4n) is 2.00. The van der Waals surface area contributed by atoms with Gasteiger partial charge in [0.2, 0.25) is 5.56 Å². The Kier molecular flexibility index (Phi) is 1.87. The van der Waals surface area contributed by atoms with Gasteiger partial charge in [0, 0.05) is 25.4 Å². The number of nitrogens with one attached hydrogen (secondary N) is 1. The second-order valence-corrected chi connectivity index (χ2v) is 3.88. The Bertz CT molecular complexity index is 369. The lowest BCUT2D eigenvalue weighted by Crippen LogP contribution is -2.32. The third kappa shape index (κ3) is 1.46. The van der Waals surface area contributed by atoms with E-state index in [0.717, 1.165) is 24.3 Å². The van der Waals surface area contributed by atoms with Crippen LogP contribution in [0.3, 0.4) is 0 Å². The van der Waals surface area contributed by atoms with Gasteiger partial charge >= 0.3 is 0 Å². The highest BCUT2D eigenvalue weighted by Gasteiger charge is 2.18. The van der Waals surface area contributed by atoms with Crippen molar-refractivity contribution in [1.82, 2.24) is 4.98 Å². The highest BCUT2D eigenvalue weighted by Crippen LogP contribution is 2.24. The molecule has 1 aromatic heterocycles. The molecule has 0 unspecified atom stereocenters. The van der Waals surface area contributed by atoms with Gasteiger partial charge in [-0.15, -0.1) is 0 Å². The maximum absolute atomic E-state index is 11.1. The number of rotatable bonds is 0. The van der Waals surface area contributed by atoms with Crippen molar-refractivity contribution in [3.63, 3.8) is 0 Å². The molecule has 0 bridgehead atoms. The lowest BCUT2D eigenvalue weighted by atomic mass is 9.99. The van der Waals surface area contributed by atoms with Crippen LogP contribution in [0.25, 0.3) is 0 Å². The van der Waals surface area contributed by atoms with Crippen molar-refractivity contribution in [2.45, 2.75) is 13.3 Å². The molecule has 0 spiro atoms. The number of hydrogen-bond donors (Lipinski definition) is 1. The highest BCUT2D eigenvalue weighted by molar-refractivity contribution is 5.51. The zero-order chi connectivity index (χ0) is 9.42. The van der Waals surface area contributed by atoms with Crippen LogP contribution in [0.4, 0.5) is 5.69 Å². The summed E-state index contributed by atoms with van der Waals surface area (Å²) in [6.45, 7) is 3.27. The van der Waals surface area contributed by atoms with Crippen molar-refractivity contribution in [3.05, 3.63) is 28.2 Å². The summed E-state index contributed by atoms with van der Waals surface area (Å²) in [4.78, 5) is 16.2. The molecule has 2 heterocycles. The standard InChI is InChI=1S/C10H14N2O/c1-7-5-8-9(12(2)6-7)3-4-10(13)11-8/h3-4,7H,5-6H2,1-2H3,(H,11,13)/t7-/m1/s1. The van der Waals surface area contributed by atoms with E-state index in [0.29, 0.717) is 5.92 Å². The van der Waals surface area contributed by atoms with E-state index in [1.165, 1.54) is 0 Å². The second-order valence-electron chi connectivity index (χ2n) is 3.88. The normalized spacial score (nSPS) is 21.4. The van der Waals surface area contributed by atoms with E-state index in [9.17, 15) is 4.79 Å². The summed E-state index contributed by atoms with van der Waals surface area (Å²) in [5.41, 5.74) is 2.24. The van der Waals surface area contributed by atoms with Gasteiger partial charge in [0.25, 0.3) is 0 Å². The molecule has 70 valence electrons. The van der Waals surface area contributed by atoms with Crippen LogP contribution in [0.15, 0.2) is 16.9 Å². The van der Waals surface area contributed by atoms with Crippen LogP contribution in [-0.2, 0) is 6.42 Å². The largest absolute Gasteiger partial charge is 0.373 e. The van der Waals surface area contributed by atoms with E-state index >= 15 is 0 Å². The molecule has 13 heavy (non-hydrogen) atoms. The first kappa shape index (κ1) is 8.35. The van der Waals surface area contributed by atoms with Gasteiger partial charge in [-0.1, -0.05) is 6.92 Å². The van der Waals surface area contributed by atoms with Crippen molar-refractivity contribution in [3.8, 4) is 0 Å². The van der Waals surface area contributed by atoms with E-state index in [1.807, 2.05) is 6.07 Å². The molecule has 3 nitrogen and oxygen atoms in total. The van der Waals surface area contributed by atoms with Crippen LogP contribution in [0.2, 0.25) is 0 Å². The lowest BCUT2D eigenvalue weighted by molar-refractivity contribution is 0.541. The third-order valence-corrected chi connectivity index (χ3v) is 2.53. The number of H-pyrrole nitrogens is 1. The summed E-state index contributed by atoms with van der Waals surface area (Å²) < 4.78 is 0. The number of hydrogen-bond acceptors (Lipinski definition) is 2. The predicted octanol–water partition coefficient (Wildman–Crippen LogP) is 1.00. The summed E-state index contributed by atoms with van der Waals surface area (Å²) in [6, 6.07) is 3.49. The predicted molar refractivity (Wildman–Crippen MR) is 53.2 cm³/mol. The molecule has 2 rings (SSSR count). The maximum Gasteiger partial charge on any atom is 0.248 e. The molecule has 0 aliphatic carbocycles. The molecule has 0 radical (unpaired) electrons. The first-order chi connectivity index (χ1) is 6.16. The molecule has 0 saturated heterocycles. The topological polar surface area (TPSA) is 36.1 Å². The summed E-state index contributed by atoms with van der Waals surface area (Å²) in [7, 11) is 2.06.